The molecule has 0 spiro atoms. The summed E-state index contributed by atoms with van der Waals surface area (Å²) >= 11 is 0. The van der Waals surface area contributed by atoms with Gasteiger partial charge in [-0.1, -0.05) is 58.1 Å². The molecule has 0 aliphatic carbocycles. The highest BCUT2D eigenvalue weighted by Crippen LogP contribution is 2.26. The molecule has 0 aromatic carbocycles. The van der Waals surface area contributed by atoms with Gasteiger partial charge in [0.1, 0.15) is 6.10 Å². The molecule has 2 aliphatic heterocycles. The maximum atomic E-state index is 10.3. The SMILES string of the molecule is CCC1C=CC=CCC(CC)N(Cc2ccc(OC3CCN(CC(C)C)CC3)nc2)C1CO. The molecule has 184 valence electrons. The van der Waals surface area contributed by atoms with Gasteiger partial charge in [0.15, 0.2) is 0 Å². The molecule has 3 heterocycles. The van der Waals surface area contributed by atoms with E-state index in [1.54, 1.807) is 0 Å². The molecule has 0 saturated carbocycles. The van der Waals surface area contributed by atoms with Crippen molar-refractivity contribution in [3.05, 3.63) is 48.2 Å². The molecule has 3 unspecified atom stereocenters. The number of allylic oxidation sites excluding steroid dienone is 2. The number of rotatable bonds is 9. The second kappa shape index (κ2) is 13.3. The second-order valence-electron chi connectivity index (χ2n) is 10.1. The molecule has 1 aromatic heterocycles. The Morgan fingerprint density at radius 3 is 2.52 bits per heavy atom. The van der Waals surface area contributed by atoms with Crippen LogP contribution in [0.3, 0.4) is 0 Å². The van der Waals surface area contributed by atoms with Gasteiger partial charge in [-0.05, 0) is 49.5 Å². The molecule has 5 heteroatoms. The van der Waals surface area contributed by atoms with Crippen LogP contribution in [-0.2, 0) is 6.54 Å². The fourth-order valence-corrected chi connectivity index (χ4v) is 5.28. The highest BCUT2D eigenvalue weighted by molar-refractivity contribution is 5.19. The third-order valence-corrected chi connectivity index (χ3v) is 7.14. The van der Waals surface area contributed by atoms with Crippen LogP contribution in [0, 0.1) is 11.8 Å². The lowest BCUT2D eigenvalue weighted by Gasteiger charge is -2.39. The molecular weight excluding hydrogens is 410 g/mol. The summed E-state index contributed by atoms with van der Waals surface area (Å²) in [6.07, 6.45) is 16.2. The van der Waals surface area contributed by atoms with Crippen molar-refractivity contribution in [2.24, 2.45) is 11.8 Å². The van der Waals surface area contributed by atoms with Gasteiger partial charge in [0, 0.05) is 50.5 Å². The maximum absolute atomic E-state index is 10.3. The quantitative estimate of drug-likeness (QED) is 0.564. The first-order valence-electron chi connectivity index (χ1n) is 13.1. The highest BCUT2D eigenvalue weighted by Gasteiger charge is 2.29. The van der Waals surface area contributed by atoms with Crippen molar-refractivity contribution in [2.75, 3.05) is 26.2 Å². The Kier molecular flexibility index (Phi) is 10.4. The molecule has 3 rings (SSSR count). The van der Waals surface area contributed by atoms with E-state index in [0.29, 0.717) is 17.9 Å². The average Bonchev–Trinajstić information content (AvgIpc) is 2.89. The van der Waals surface area contributed by atoms with E-state index in [2.05, 4.69) is 72.8 Å². The smallest absolute Gasteiger partial charge is 0.213 e. The minimum atomic E-state index is 0.114. The predicted molar refractivity (Wildman–Crippen MR) is 136 cm³/mol. The number of pyridine rings is 1. The minimum Gasteiger partial charge on any atom is -0.474 e. The van der Waals surface area contributed by atoms with Gasteiger partial charge in [-0.15, -0.1) is 0 Å². The Bertz CT molecular complexity index is 738. The standard InChI is InChI=1S/C28H45N3O2/c1-5-24-10-8-7-9-11-25(6-2)31(27(24)21-32)20-23-12-13-28(29-18-23)33-26-14-16-30(17-15-26)19-22(3)4/h7-10,12-13,18,22,24-27,32H,5-6,11,14-17,19-21H2,1-4H3. The number of nitrogens with zero attached hydrogens (tertiary/aromatic N) is 3. The van der Waals surface area contributed by atoms with E-state index >= 15 is 0 Å². The van der Waals surface area contributed by atoms with Gasteiger partial charge in [0.25, 0.3) is 0 Å². The molecule has 3 atom stereocenters. The number of aliphatic hydroxyl groups is 1. The third-order valence-electron chi connectivity index (χ3n) is 7.14. The zero-order valence-corrected chi connectivity index (χ0v) is 21.2. The molecular formula is C28H45N3O2. The summed E-state index contributed by atoms with van der Waals surface area (Å²) in [7, 11) is 0. The van der Waals surface area contributed by atoms with Crippen molar-refractivity contribution in [3.8, 4) is 5.88 Å². The van der Waals surface area contributed by atoms with Crippen molar-refractivity contribution >= 4 is 0 Å². The summed E-state index contributed by atoms with van der Waals surface area (Å²) < 4.78 is 6.22. The molecule has 2 aliphatic rings. The number of ether oxygens (including phenoxy) is 1. The Hall–Kier alpha value is -1.69. The van der Waals surface area contributed by atoms with Crippen LogP contribution in [-0.4, -0.2) is 64.3 Å². The Morgan fingerprint density at radius 2 is 1.91 bits per heavy atom. The van der Waals surface area contributed by atoms with E-state index in [-0.39, 0.29) is 18.8 Å². The zero-order valence-electron chi connectivity index (χ0n) is 21.2. The molecule has 33 heavy (non-hydrogen) atoms. The third kappa shape index (κ3) is 7.66. The van der Waals surface area contributed by atoms with Gasteiger partial charge >= 0.3 is 0 Å². The molecule has 0 amide bonds. The van der Waals surface area contributed by atoms with Gasteiger partial charge in [0.05, 0.1) is 6.61 Å². The average molecular weight is 456 g/mol. The van der Waals surface area contributed by atoms with E-state index in [4.69, 9.17) is 4.74 Å². The van der Waals surface area contributed by atoms with E-state index in [9.17, 15) is 5.11 Å². The summed E-state index contributed by atoms with van der Waals surface area (Å²) in [5, 5.41) is 10.3. The number of piperidine rings is 1. The number of hydrogen-bond donors (Lipinski definition) is 1. The van der Waals surface area contributed by atoms with Gasteiger partial charge in [0.2, 0.25) is 5.88 Å². The maximum Gasteiger partial charge on any atom is 0.213 e. The van der Waals surface area contributed by atoms with Crippen molar-refractivity contribution in [2.45, 2.75) is 84.5 Å². The van der Waals surface area contributed by atoms with Crippen molar-refractivity contribution in [1.29, 1.82) is 0 Å². The molecule has 1 N–H and O–H groups in total. The van der Waals surface area contributed by atoms with Gasteiger partial charge in [-0.2, -0.15) is 0 Å². The van der Waals surface area contributed by atoms with Crippen LogP contribution in [0.25, 0.3) is 0 Å². The normalized spacial score (nSPS) is 25.7. The lowest BCUT2D eigenvalue weighted by molar-refractivity contribution is 0.0487. The highest BCUT2D eigenvalue weighted by atomic mass is 16.5. The summed E-state index contributed by atoms with van der Waals surface area (Å²) in [5.74, 6) is 1.78. The summed E-state index contributed by atoms with van der Waals surface area (Å²) in [6, 6.07) is 4.69. The van der Waals surface area contributed by atoms with Crippen LogP contribution in [0.4, 0.5) is 0 Å². The Labute approximate surface area is 201 Å². The fourth-order valence-electron chi connectivity index (χ4n) is 5.28. The molecule has 1 saturated heterocycles. The van der Waals surface area contributed by atoms with Gasteiger partial charge in [-0.3, -0.25) is 4.90 Å². The topological polar surface area (TPSA) is 48.8 Å². The van der Waals surface area contributed by atoms with E-state index in [0.717, 1.165) is 57.6 Å². The second-order valence-corrected chi connectivity index (χ2v) is 10.1. The number of aromatic nitrogens is 1. The van der Waals surface area contributed by atoms with Crippen LogP contribution in [0.5, 0.6) is 5.88 Å². The molecule has 1 aromatic rings. The van der Waals surface area contributed by atoms with Crippen LogP contribution >= 0.6 is 0 Å². The van der Waals surface area contributed by atoms with Crippen LogP contribution in [0.2, 0.25) is 0 Å². The van der Waals surface area contributed by atoms with E-state index in [1.807, 2.05) is 12.3 Å². The minimum absolute atomic E-state index is 0.114. The first-order valence-corrected chi connectivity index (χ1v) is 13.1. The van der Waals surface area contributed by atoms with Crippen LogP contribution in [0.15, 0.2) is 42.6 Å². The molecule has 0 bridgehead atoms. The Morgan fingerprint density at radius 1 is 1.12 bits per heavy atom. The summed E-state index contributed by atoms with van der Waals surface area (Å²) in [5.41, 5.74) is 1.17. The molecule has 0 radical (unpaired) electrons. The van der Waals surface area contributed by atoms with Gasteiger partial charge < -0.3 is 14.7 Å². The monoisotopic (exact) mass is 455 g/mol. The van der Waals surface area contributed by atoms with Crippen molar-refractivity contribution in [1.82, 2.24) is 14.8 Å². The van der Waals surface area contributed by atoms with E-state index < -0.39 is 0 Å². The predicted octanol–water partition coefficient (Wildman–Crippen LogP) is 5.06. The van der Waals surface area contributed by atoms with Crippen molar-refractivity contribution < 1.29 is 9.84 Å². The van der Waals surface area contributed by atoms with Gasteiger partial charge in [-0.25, -0.2) is 4.98 Å². The first-order chi connectivity index (χ1) is 16.0. The zero-order chi connectivity index (χ0) is 23.6. The van der Waals surface area contributed by atoms with Crippen LogP contribution in [0.1, 0.15) is 65.4 Å². The number of likely N-dealkylation sites (tertiary alicyclic amines) is 1. The van der Waals surface area contributed by atoms with Crippen LogP contribution < -0.4 is 4.74 Å². The van der Waals surface area contributed by atoms with E-state index in [1.165, 1.54) is 12.1 Å². The molecule has 1 fully saturated rings. The lowest BCUT2D eigenvalue weighted by atomic mass is 9.93. The first kappa shape index (κ1) is 25.9. The summed E-state index contributed by atoms with van der Waals surface area (Å²) in [6.45, 7) is 13.4. The molecule has 5 nitrogen and oxygen atoms in total. The lowest BCUT2D eigenvalue weighted by Crippen LogP contribution is -2.47. The van der Waals surface area contributed by atoms with Crippen molar-refractivity contribution in [3.63, 3.8) is 0 Å². The summed E-state index contributed by atoms with van der Waals surface area (Å²) in [4.78, 5) is 9.69. The largest absolute Gasteiger partial charge is 0.474 e. The Balaban J connectivity index is 1.63. The number of hydrogen-bond acceptors (Lipinski definition) is 5. The fraction of sp³-hybridized carbons (Fsp3) is 0.679. The number of aliphatic hydroxyl groups excluding tert-OH is 1.